The molecule has 2 aromatic rings. The second-order valence-electron chi connectivity index (χ2n) is 5.93. The minimum atomic E-state index is -0.425. The molecule has 6 heteroatoms. The largest absolute Gasteiger partial charge is 0.394 e. The van der Waals surface area contributed by atoms with Crippen LogP contribution in [0, 0.1) is 0 Å². The van der Waals surface area contributed by atoms with Crippen LogP contribution in [-0.4, -0.2) is 48.1 Å². The molecule has 1 aliphatic rings. The summed E-state index contributed by atoms with van der Waals surface area (Å²) in [6.07, 6.45) is -0.397. The van der Waals surface area contributed by atoms with Crippen molar-refractivity contribution < 1.29 is 19.4 Å². The fourth-order valence-electron chi connectivity index (χ4n) is 2.85. The van der Waals surface area contributed by atoms with Crippen LogP contribution in [0.2, 0.25) is 0 Å². The van der Waals surface area contributed by atoms with E-state index in [-0.39, 0.29) is 25.0 Å². The van der Waals surface area contributed by atoms with Crippen molar-refractivity contribution in [3.63, 3.8) is 0 Å². The number of rotatable bonds is 4. The number of morpholine rings is 1. The molecule has 0 aromatic heterocycles. The summed E-state index contributed by atoms with van der Waals surface area (Å²) in [5.74, 6) is -0.331. The topological polar surface area (TPSA) is 78.9 Å². The summed E-state index contributed by atoms with van der Waals surface area (Å²) in [6, 6.07) is 15.8. The molecule has 6 nitrogen and oxygen atoms in total. The molecular formula is C19H20N2O4. The summed E-state index contributed by atoms with van der Waals surface area (Å²) in [6.45, 7) is -0.191. The standard InChI is InChI=1S/C19H20N2O4/c1-21-16(11-22)18(25-12-17(21)23)13-7-9-15(10-8-13)20-19(24)14-5-3-2-4-6-14/h2-10,16,18,22H,11-12H2,1H3,(H,20,24). The van der Waals surface area contributed by atoms with Crippen molar-refractivity contribution in [2.24, 2.45) is 0 Å². The van der Waals surface area contributed by atoms with Gasteiger partial charge in [0.25, 0.3) is 5.91 Å². The van der Waals surface area contributed by atoms with Gasteiger partial charge in [0.15, 0.2) is 0 Å². The van der Waals surface area contributed by atoms with E-state index in [1.54, 1.807) is 31.3 Å². The molecule has 2 aromatic carbocycles. The summed E-state index contributed by atoms with van der Waals surface area (Å²) in [7, 11) is 1.66. The van der Waals surface area contributed by atoms with Crippen molar-refractivity contribution in [3.8, 4) is 0 Å². The first-order valence-corrected chi connectivity index (χ1v) is 8.04. The molecule has 25 heavy (non-hydrogen) atoms. The maximum atomic E-state index is 12.2. The van der Waals surface area contributed by atoms with Gasteiger partial charge in [-0.05, 0) is 29.8 Å². The summed E-state index contributed by atoms with van der Waals surface area (Å²) in [5.41, 5.74) is 2.09. The van der Waals surface area contributed by atoms with Crippen molar-refractivity contribution in [3.05, 3.63) is 65.7 Å². The van der Waals surface area contributed by atoms with E-state index < -0.39 is 12.1 Å². The van der Waals surface area contributed by atoms with Gasteiger partial charge < -0.3 is 20.1 Å². The van der Waals surface area contributed by atoms with Gasteiger partial charge in [0.05, 0.1) is 12.6 Å². The first kappa shape index (κ1) is 17.1. The number of amides is 2. The third-order valence-corrected chi connectivity index (χ3v) is 4.35. The van der Waals surface area contributed by atoms with Gasteiger partial charge in [-0.3, -0.25) is 9.59 Å². The lowest BCUT2D eigenvalue weighted by Gasteiger charge is -2.38. The van der Waals surface area contributed by atoms with Gasteiger partial charge in [0.1, 0.15) is 12.7 Å². The molecule has 130 valence electrons. The number of hydrogen-bond acceptors (Lipinski definition) is 4. The number of likely N-dealkylation sites (N-methyl/N-ethyl adjacent to an activating group) is 1. The highest BCUT2D eigenvalue weighted by atomic mass is 16.5. The summed E-state index contributed by atoms with van der Waals surface area (Å²) in [4.78, 5) is 25.4. The number of hydrogen-bond donors (Lipinski definition) is 2. The highest BCUT2D eigenvalue weighted by Gasteiger charge is 2.34. The second kappa shape index (κ2) is 7.46. The Hall–Kier alpha value is -2.70. The highest BCUT2D eigenvalue weighted by molar-refractivity contribution is 6.04. The maximum absolute atomic E-state index is 12.2. The smallest absolute Gasteiger partial charge is 0.255 e. The molecule has 2 amide bonds. The van der Waals surface area contributed by atoms with E-state index in [2.05, 4.69) is 5.32 Å². The lowest BCUT2D eigenvalue weighted by atomic mass is 9.99. The minimum Gasteiger partial charge on any atom is -0.394 e. The molecule has 3 rings (SSSR count). The van der Waals surface area contributed by atoms with E-state index >= 15 is 0 Å². The number of ether oxygens (including phenoxy) is 1. The van der Waals surface area contributed by atoms with Crippen LogP contribution in [0.3, 0.4) is 0 Å². The van der Waals surface area contributed by atoms with Crippen LogP contribution in [0.15, 0.2) is 54.6 Å². The van der Waals surface area contributed by atoms with E-state index in [0.29, 0.717) is 11.3 Å². The summed E-state index contributed by atoms with van der Waals surface area (Å²) >= 11 is 0. The van der Waals surface area contributed by atoms with Crippen molar-refractivity contribution >= 4 is 17.5 Å². The summed E-state index contributed by atoms with van der Waals surface area (Å²) in [5, 5.41) is 12.4. The Kier molecular flexibility index (Phi) is 5.11. The van der Waals surface area contributed by atoms with Crippen LogP contribution in [0.4, 0.5) is 5.69 Å². The number of nitrogens with one attached hydrogen (secondary N) is 1. The Morgan fingerprint density at radius 1 is 1.20 bits per heavy atom. The van der Waals surface area contributed by atoms with Gasteiger partial charge in [-0.2, -0.15) is 0 Å². The number of benzene rings is 2. The van der Waals surface area contributed by atoms with E-state index in [1.807, 2.05) is 30.3 Å². The Labute approximate surface area is 146 Å². The molecule has 1 fully saturated rings. The lowest BCUT2D eigenvalue weighted by molar-refractivity contribution is -0.157. The Bertz CT molecular complexity index is 746. The van der Waals surface area contributed by atoms with E-state index in [9.17, 15) is 14.7 Å². The third-order valence-electron chi connectivity index (χ3n) is 4.35. The fourth-order valence-corrected chi connectivity index (χ4v) is 2.85. The zero-order valence-corrected chi connectivity index (χ0v) is 13.9. The van der Waals surface area contributed by atoms with E-state index in [0.717, 1.165) is 5.56 Å². The molecule has 0 saturated carbocycles. The number of carbonyl (C=O) groups is 2. The van der Waals surface area contributed by atoms with Crippen molar-refractivity contribution in [2.75, 3.05) is 25.6 Å². The number of aliphatic hydroxyl groups excluding tert-OH is 1. The summed E-state index contributed by atoms with van der Waals surface area (Å²) < 4.78 is 5.60. The molecular weight excluding hydrogens is 320 g/mol. The molecule has 1 aliphatic heterocycles. The molecule has 2 N–H and O–H groups in total. The monoisotopic (exact) mass is 340 g/mol. The number of aliphatic hydroxyl groups is 1. The second-order valence-corrected chi connectivity index (χ2v) is 5.93. The average molecular weight is 340 g/mol. The van der Waals surface area contributed by atoms with Gasteiger partial charge in [0.2, 0.25) is 5.91 Å². The molecule has 2 atom stereocenters. The minimum absolute atomic E-state index is 0.00976. The zero-order valence-electron chi connectivity index (χ0n) is 13.9. The molecule has 1 heterocycles. The zero-order chi connectivity index (χ0) is 17.8. The normalized spacial score (nSPS) is 20.4. The maximum Gasteiger partial charge on any atom is 0.255 e. The third kappa shape index (κ3) is 3.70. The predicted molar refractivity (Wildman–Crippen MR) is 93.2 cm³/mol. The SMILES string of the molecule is CN1C(=O)COC(c2ccc(NC(=O)c3ccccc3)cc2)C1CO. The Morgan fingerprint density at radius 3 is 2.52 bits per heavy atom. The van der Waals surface area contributed by atoms with Gasteiger partial charge in [0, 0.05) is 18.3 Å². The van der Waals surface area contributed by atoms with E-state index in [1.165, 1.54) is 4.90 Å². The van der Waals surface area contributed by atoms with Gasteiger partial charge in [-0.15, -0.1) is 0 Å². The Morgan fingerprint density at radius 2 is 1.88 bits per heavy atom. The quantitative estimate of drug-likeness (QED) is 0.890. The van der Waals surface area contributed by atoms with Crippen molar-refractivity contribution in [1.29, 1.82) is 0 Å². The fraction of sp³-hybridized carbons (Fsp3) is 0.263. The number of nitrogens with zero attached hydrogens (tertiary/aromatic N) is 1. The van der Waals surface area contributed by atoms with Gasteiger partial charge in [-0.25, -0.2) is 0 Å². The highest BCUT2D eigenvalue weighted by Crippen LogP contribution is 2.29. The van der Waals surface area contributed by atoms with Crippen molar-refractivity contribution in [1.82, 2.24) is 4.90 Å². The Balaban J connectivity index is 1.72. The van der Waals surface area contributed by atoms with E-state index in [4.69, 9.17) is 4.74 Å². The van der Waals surface area contributed by atoms with Crippen LogP contribution in [0.1, 0.15) is 22.0 Å². The molecule has 0 bridgehead atoms. The first-order valence-electron chi connectivity index (χ1n) is 8.04. The molecule has 0 aliphatic carbocycles. The van der Waals surface area contributed by atoms with Crippen LogP contribution in [0.5, 0.6) is 0 Å². The van der Waals surface area contributed by atoms with Crippen LogP contribution < -0.4 is 5.32 Å². The van der Waals surface area contributed by atoms with Gasteiger partial charge >= 0.3 is 0 Å². The number of carbonyl (C=O) groups excluding carboxylic acids is 2. The first-order chi connectivity index (χ1) is 12.1. The predicted octanol–water partition coefficient (Wildman–Crippen LogP) is 1.83. The molecule has 2 unspecified atom stereocenters. The average Bonchev–Trinajstić information content (AvgIpc) is 2.65. The molecule has 0 spiro atoms. The lowest BCUT2D eigenvalue weighted by Crippen LogP contribution is -2.50. The van der Waals surface area contributed by atoms with Crippen LogP contribution >= 0.6 is 0 Å². The van der Waals surface area contributed by atoms with Crippen LogP contribution in [-0.2, 0) is 9.53 Å². The van der Waals surface area contributed by atoms with Crippen molar-refractivity contribution in [2.45, 2.75) is 12.1 Å². The molecule has 1 saturated heterocycles. The number of anilines is 1. The van der Waals surface area contributed by atoms with Gasteiger partial charge in [-0.1, -0.05) is 30.3 Å². The van der Waals surface area contributed by atoms with Crippen LogP contribution in [0.25, 0.3) is 0 Å². The molecule has 0 radical (unpaired) electrons.